The Morgan fingerprint density at radius 2 is 1.97 bits per heavy atom. The van der Waals surface area contributed by atoms with E-state index in [9.17, 15) is 9.90 Å². The van der Waals surface area contributed by atoms with Crippen molar-refractivity contribution in [3.63, 3.8) is 0 Å². The fourth-order valence-electron chi connectivity index (χ4n) is 5.13. The molecule has 2 fully saturated rings. The predicted molar refractivity (Wildman–Crippen MR) is 122 cm³/mol. The number of ether oxygens (including phenoxy) is 1. The molecule has 1 amide bonds. The number of piperazine rings is 1. The molecule has 0 spiro atoms. The lowest BCUT2D eigenvalue weighted by Gasteiger charge is -2.37. The molecule has 2 aliphatic heterocycles. The molecule has 31 heavy (non-hydrogen) atoms. The van der Waals surface area contributed by atoms with Gasteiger partial charge in [-0.25, -0.2) is 4.98 Å². The van der Waals surface area contributed by atoms with Crippen LogP contribution in [0.2, 0.25) is 0 Å². The van der Waals surface area contributed by atoms with E-state index in [2.05, 4.69) is 26.2 Å². The third kappa shape index (κ3) is 6.10. The Kier molecular flexibility index (Phi) is 7.02. The van der Waals surface area contributed by atoms with Gasteiger partial charge in [0, 0.05) is 50.4 Å². The first-order valence-corrected chi connectivity index (χ1v) is 12.0. The molecular weight excluding hydrogens is 392 g/mol. The summed E-state index contributed by atoms with van der Waals surface area (Å²) in [6, 6.07) is 2.35. The number of anilines is 1. The molecule has 0 aromatic carbocycles. The zero-order valence-corrected chi connectivity index (χ0v) is 19.1. The van der Waals surface area contributed by atoms with Crippen LogP contribution in [0.1, 0.15) is 57.9 Å². The molecule has 0 radical (unpaired) electrons. The van der Waals surface area contributed by atoms with Crippen LogP contribution in [0.3, 0.4) is 0 Å². The number of carbonyl (C=O) groups excluding carboxylic acids is 1. The van der Waals surface area contributed by atoms with Crippen LogP contribution in [0.25, 0.3) is 0 Å². The van der Waals surface area contributed by atoms with E-state index in [0.717, 1.165) is 76.1 Å². The van der Waals surface area contributed by atoms with Gasteiger partial charge in [0.1, 0.15) is 0 Å². The van der Waals surface area contributed by atoms with Crippen molar-refractivity contribution < 1.29 is 14.6 Å². The van der Waals surface area contributed by atoms with Gasteiger partial charge in [0.05, 0.1) is 18.6 Å². The van der Waals surface area contributed by atoms with Gasteiger partial charge in [0.2, 0.25) is 5.91 Å². The highest BCUT2D eigenvalue weighted by Gasteiger charge is 2.27. The first-order valence-electron chi connectivity index (χ1n) is 12.0. The normalized spacial score (nSPS) is 24.5. The number of nitrogens with zero attached hydrogens (tertiary/aromatic N) is 3. The fraction of sp³-hybridized carbons (Fsp3) is 0.750. The third-order valence-electron chi connectivity index (χ3n) is 6.92. The quantitative estimate of drug-likeness (QED) is 0.692. The van der Waals surface area contributed by atoms with Gasteiger partial charge in [-0.1, -0.05) is 0 Å². The molecule has 0 unspecified atom stereocenters. The van der Waals surface area contributed by atoms with Gasteiger partial charge in [-0.3, -0.25) is 9.69 Å². The van der Waals surface area contributed by atoms with Crippen molar-refractivity contribution in [2.45, 2.75) is 70.4 Å². The molecule has 1 saturated heterocycles. The van der Waals surface area contributed by atoms with Crippen molar-refractivity contribution in [2.24, 2.45) is 5.92 Å². The van der Waals surface area contributed by atoms with E-state index in [-0.39, 0.29) is 18.4 Å². The highest BCUT2D eigenvalue weighted by atomic mass is 16.5. The lowest BCUT2D eigenvalue weighted by atomic mass is 9.84. The van der Waals surface area contributed by atoms with Crippen LogP contribution in [0.15, 0.2) is 12.3 Å². The summed E-state index contributed by atoms with van der Waals surface area (Å²) in [5, 5.41) is 12.9. The predicted octanol–water partition coefficient (Wildman–Crippen LogP) is 2.36. The van der Waals surface area contributed by atoms with Crippen molar-refractivity contribution in [2.75, 3.05) is 44.2 Å². The highest BCUT2D eigenvalue weighted by molar-refractivity contribution is 5.77. The Balaban J connectivity index is 1.15. The summed E-state index contributed by atoms with van der Waals surface area (Å²) in [6.45, 7) is 9.46. The fourth-order valence-corrected chi connectivity index (χ4v) is 5.13. The third-order valence-corrected chi connectivity index (χ3v) is 6.92. The van der Waals surface area contributed by atoms with Gasteiger partial charge >= 0.3 is 0 Å². The number of aromatic nitrogens is 1. The first kappa shape index (κ1) is 22.3. The van der Waals surface area contributed by atoms with E-state index >= 15 is 0 Å². The van der Waals surface area contributed by atoms with Gasteiger partial charge in [-0.15, -0.1) is 0 Å². The zero-order valence-electron chi connectivity index (χ0n) is 19.1. The summed E-state index contributed by atoms with van der Waals surface area (Å²) in [4.78, 5) is 21.6. The minimum atomic E-state index is -0.936. The number of hydrogen-bond donors (Lipinski definition) is 2. The van der Waals surface area contributed by atoms with E-state index in [0.29, 0.717) is 0 Å². The summed E-state index contributed by atoms with van der Waals surface area (Å²) in [5.41, 5.74) is 0.355. The van der Waals surface area contributed by atoms with Crippen LogP contribution < -0.4 is 15.0 Å². The van der Waals surface area contributed by atoms with Gasteiger partial charge in [-0.05, 0) is 64.5 Å². The Morgan fingerprint density at radius 1 is 1.23 bits per heavy atom. The van der Waals surface area contributed by atoms with Gasteiger partial charge in [-0.2, -0.15) is 0 Å². The van der Waals surface area contributed by atoms with Crippen LogP contribution in [0.4, 0.5) is 5.82 Å². The number of carbonyl (C=O) groups is 1. The van der Waals surface area contributed by atoms with E-state index in [4.69, 9.17) is 4.74 Å². The van der Waals surface area contributed by atoms with Crippen molar-refractivity contribution in [1.82, 2.24) is 15.2 Å². The molecule has 1 aromatic rings. The van der Waals surface area contributed by atoms with Gasteiger partial charge in [0.25, 0.3) is 0 Å². The lowest BCUT2D eigenvalue weighted by Crippen LogP contribution is -2.47. The molecule has 1 aliphatic carbocycles. The summed E-state index contributed by atoms with van der Waals surface area (Å²) >= 11 is 0. The van der Waals surface area contributed by atoms with Crippen molar-refractivity contribution >= 4 is 11.7 Å². The topological polar surface area (TPSA) is 77.9 Å². The Hall–Kier alpha value is -1.86. The maximum Gasteiger partial charge on any atom is 0.223 e. The molecule has 172 valence electrons. The second-order valence-corrected chi connectivity index (χ2v) is 10.1. The molecule has 1 aromatic heterocycles. The summed E-state index contributed by atoms with van der Waals surface area (Å²) < 4.78 is 5.84. The molecule has 3 heterocycles. The average Bonchev–Trinajstić information content (AvgIpc) is 3.21. The van der Waals surface area contributed by atoms with E-state index in [1.54, 1.807) is 13.8 Å². The van der Waals surface area contributed by atoms with Crippen LogP contribution >= 0.6 is 0 Å². The van der Waals surface area contributed by atoms with Gasteiger partial charge in [0.15, 0.2) is 11.6 Å². The molecule has 2 N–H and O–H groups in total. The molecule has 7 heteroatoms. The smallest absolute Gasteiger partial charge is 0.223 e. The number of rotatable bonds is 7. The van der Waals surface area contributed by atoms with Crippen molar-refractivity contribution in [1.29, 1.82) is 0 Å². The molecule has 0 bridgehead atoms. The minimum Gasteiger partial charge on any atom is -0.489 e. The van der Waals surface area contributed by atoms with Crippen LogP contribution in [-0.2, 0) is 11.2 Å². The maximum absolute atomic E-state index is 12.0. The molecule has 1 saturated carbocycles. The summed E-state index contributed by atoms with van der Waals surface area (Å²) in [7, 11) is 0. The van der Waals surface area contributed by atoms with E-state index in [1.807, 2.05) is 6.20 Å². The number of hydrogen-bond acceptors (Lipinski definition) is 6. The second-order valence-electron chi connectivity index (χ2n) is 10.1. The summed E-state index contributed by atoms with van der Waals surface area (Å²) in [6.07, 6.45) is 8.81. The van der Waals surface area contributed by atoms with Crippen LogP contribution in [0.5, 0.6) is 5.75 Å². The molecule has 7 nitrogen and oxygen atoms in total. The largest absolute Gasteiger partial charge is 0.489 e. The summed E-state index contributed by atoms with van der Waals surface area (Å²) in [5.74, 6) is 2.76. The second kappa shape index (κ2) is 9.74. The van der Waals surface area contributed by atoms with Crippen LogP contribution in [0, 0.1) is 5.92 Å². The Morgan fingerprint density at radius 3 is 2.68 bits per heavy atom. The Bertz CT molecular complexity index is 748. The van der Waals surface area contributed by atoms with Crippen molar-refractivity contribution in [3.05, 3.63) is 17.8 Å². The van der Waals surface area contributed by atoms with Gasteiger partial charge < -0.3 is 20.1 Å². The standard InChI is InChI=1S/C24H38N4O3/c1-24(2,30)17-21(29)26-20-5-3-18(4-6-20)8-11-27-12-14-28(15-13-27)23-22-19(7-10-25-23)9-16-31-22/h7,10,18,20,30H,3-6,8-9,11-17H2,1-2H3,(H,26,29). The SMILES string of the molecule is CC(C)(O)CC(=O)NC1CCC(CCN2CCN(c3nccc4c3OCC4)CC2)CC1. The number of fused-ring (bicyclic) bond motifs is 1. The molecular formula is C24H38N4O3. The number of nitrogens with one attached hydrogen (secondary N) is 1. The highest BCUT2D eigenvalue weighted by Crippen LogP contribution is 2.34. The first-order chi connectivity index (χ1) is 14.9. The average molecular weight is 431 g/mol. The zero-order chi connectivity index (χ0) is 21.8. The van der Waals surface area contributed by atoms with E-state index in [1.165, 1.54) is 24.8 Å². The Labute approximate surface area is 186 Å². The van der Waals surface area contributed by atoms with Crippen molar-refractivity contribution in [3.8, 4) is 5.75 Å². The maximum atomic E-state index is 12.0. The monoisotopic (exact) mass is 430 g/mol. The lowest BCUT2D eigenvalue weighted by molar-refractivity contribution is -0.125. The number of amides is 1. The van der Waals surface area contributed by atoms with E-state index < -0.39 is 5.60 Å². The minimum absolute atomic E-state index is 0.0298. The number of aliphatic hydroxyl groups is 1. The molecule has 0 atom stereocenters. The molecule has 4 rings (SSSR count). The van der Waals surface area contributed by atoms with Crippen LogP contribution in [-0.4, -0.2) is 71.9 Å². The molecule has 3 aliphatic rings. The number of pyridine rings is 1.